The van der Waals surface area contributed by atoms with Crippen LogP contribution in [0.5, 0.6) is 0 Å². The van der Waals surface area contributed by atoms with Crippen LogP contribution in [0.1, 0.15) is 36.7 Å². The quantitative estimate of drug-likeness (QED) is 0.839. The van der Waals surface area contributed by atoms with Gasteiger partial charge in [0.1, 0.15) is 5.60 Å². The molecule has 0 saturated carbocycles. The van der Waals surface area contributed by atoms with Crippen molar-refractivity contribution in [3.63, 3.8) is 0 Å². The van der Waals surface area contributed by atoms with E-state index in [1.807, 2.05) is 6.07 Å². The molecule has 1 aromatic rings. The summed E-state index contributed by atoms with van der Waals surface area (Å²) in [5, 5.41) is 11.4. The zero-order chi connectivity index (χ0) is 15.3. The van der Waals surface area contributed by atoms with Crippen molar-refractivity contribution in [3.8, 4) is 6.07 Å². The molecule has 1 aromatic carbocycles. The highest BCUT2D eigenvalue weighted by atomic mass is 16.6. The van der Waals surface area contributed by atoms with Gasteiger partial charge in [-0.1, -0.05) is 0 Å². The Labute approximate surface area is 117 Å². The Morgan fingerprint density at radius 1 is 1.25 bits per heavy atom. The Morgan fingerprint density at radius 2 is 1.90 bits per heavy atom. The molecule has 0 aliphatic carbocycles. The van der Waals surface area contributed by atoms with Gasteiger partial charge in [0.15, 0.2) is 0 Å². The van der Waals surface area contributed by atoms with Crippen LogP contribution in [-0.4, -0.2) is 24.8 Å². The third-order valence-corrected chi connectivity index (χ3v) is 2.13. The average Bonchev–Trinajstić information content (AvgIpc) is 2.34. The van der Waals surface area contributed by atoms with Crippen LogP contribution in [0.4, 0.5) is 10.5 Å². The second-order valence-electron chi connectivity index (χ2n) is 5.03. The fraction of sp³-hybridized carbons (Fsp3) is 0.357. The standard InChI is InChI=1S/C14H16N2O4/c1-14(2,3)20-13(18)16-11-6-9(8-15)5-10(7-11)12(17)19-4/h5-7H,1-4H3,(H,16,18). The van der Waals surface area contributed by atoms with E-state index in [9.17, 15) is 9.59 Å². The van der Waals surface area contributed by atoms with Crippen molar-refractivity contribution < 1.29 is 19.1 Å². The Bertz CT molecular complexity index is 568. The third-order valence-electron chi connectivity index (χ3n) is 2.13. The minimum Gasteiger partial charge on any atom is -0.465 e. The second kappa shape index (κ2) is 6.06. The number of hydrogen-bond donors (Lipinski definition) is 1. The molecule has 106 valence electrons. The molecule has 6 heteroatoms. The fourth-order valence-electron chi connectivity index (χ4n) is 1.42. The van der Waals surface area contributed by atoms with Crippen molar-refractivity contribution in [2.24, 2.45) is 0 Å². The van der Waals surface area contributed by atoms with E-state index in [2.05, 4.69) is 10.1 Å². The maximum Gasteiger partial charge on any atom is 0.412 e. The molecular weight excluding hydrogens is 260 g/mol. The van der Waals surface area contributed by atoms with Gasteiger partial charge in [-0.2, -0.15) is 5.26 Å². The molecule has 20 heavy (non-hydrogen) atoms. The fourth-order valence-corrected chi connectivity index (χ4v) is 1.42. The maximum absolute atomic E-state index is 11.6. The lowest BCUT2D eigenvalue weighted by Crippen LogP contribution is -2.27. The summed E-state index contributed by atoms with van der Waals surface area (Å²) in [4.78, 5) is 23.1. The number of ether oxygens (including phenoxy) is 2. The Hall–Kier alpha value is -2.55. The van der Waals surface area contributed by atoms with Crippen LogP contribution in [0.25, 0.3) is 0 Å². The molecule has 0 saturated heterocycles. The molecule has 0 bridgehead atoms. The highest BCUT2D eigenvalue weighted by molar-refractivity contribution is 5.93. The summed E-state index contributed by atoms with van der Waals surface area (Å²) in [6.07, 6.45) is -0.664. The van der Waals surface area contributed by atoms with Crippen LogP contribution in [0.2, 0.25) is 0 Å². The van der Waals surface area contributed by atoms with Crippen molar-refractivity contribution in [1.82, 2.24) is 0 Å². The predicted molar refractivity (Wildman–Crippen MR) is 72.4 cm³/mol. The number of amides is 1. The van der Waals surface area contributed by atoms with Gasteiger partial charge in [0.25, 0.3) is 0 Å². The molecule has 0 spiro atoms. The summed E-state index contributed by atoms with van der Waals surface area (Å²) in [7, 11) is 1.24. The largest absolute Gasteiger partial charge is 0.465 e. The Balaban J connectivity index is 2.98. The maximum atomic E-state index is 11.6. The molecule has 0 aliphatic rings. The average molecular weight is 276 g/mol. The molecule has 0 radical (unpaired) electrons. The number of hydrogen-bond acceptors (Lipinski definition) is 5. The number of carbonyl (C=O) groups is 2. The van der Waals surface area contributed by atoms with E-state index in [-0.39, 0.29) is 11.1 Å². The van der Waals surface area contributed by atoms with Gasteiger partial charge in [-0.3, -0.25) is 5.32 Å². The van der Waals surface area contributed by atoms with Crippen LogP contribution < -0.4 is 5.32 Å². The van der Waals surface area contributed by atoms with E-state index in [0.29, 0.717) is 5.69 Å². The van der Waals surface area contributed by atoms with Crippen LogP contribution in [0.3, 0.4) is 0 Å². The molecule has 1 rings (SSSR count). The van der Waals surface area contributed by atoms with Gasteiger partial charge in [0.05, 0.1) is 24.3 Å². The van der Waals surface area contributed by atoms with Crippen molar-refractivity contribution in [3.05, 3.63) is 29.3 Å². The van der Waals surface area contributed by atoms with Crippen LogP contribution >= 0.6 is 0 Å². The lowest BCUT2D eigenvalue weighted by atomic mass is 10.1. The van der Waals surface area contributed by atoms with E-state index in [1.165, 1.54) is 25.3 Å². The van der Waals surface area contributed by atoms with E-state index in [4.69, 9.17) is 10.00 Å². The molecule has 0 aromatic heterocycles. The lowest BCUT2D eigenvalue weighted by molar-refractivity contribution is 0.0596. The molecular formula is C14H16N2O4. The summed E-state index contributed by atoms with van der Waals surface area (Å²) in [5.74, 6) is -0.589. The van der Waals surface area contributed by atoms with Crippen molar-refractivity contribution in [2.75, 3.05) is 12.4 Å². The van der Waals surface area contributed by atoms with E-state index in [0.717, 1.165) is 0 Å². The summed E-state index contributed by atoms with van der Waals surface area (Å²) in [5.41, 5.74) is 0.0671. The number of methoxy groups -OCH3 is 1. The first-order valence-electron chi connectivity index (χ1n) is 5.88. The van der Waals surface area contributed by atoms with Gasteiger partial charge in [-0.15, -0.1) is 0 Å². The molecule has 0 fully saturated rings. The number of esters is 1. The van der Waals surface area contributed by atoms with E-state index >= 15 is 0 Å². The number of benzene rings is 1. The molecule has 0 atom stereocenters. The number of anilines is 1. The highest BCUT2D eigenvalue weighted by Gasteiger charge is 2.17. The SMILES string of the molecule is COC(=O)c1cc(C#N)cc(NC(=O)OC(C)(C)C)c1. The van der Waals surface area contributed by atoms with Crippen LogP contribution in [0.15, 0.2) is 18.2 Å². The minimum absolute atomic E-state index is 0.178. The summed E-state index contributed by atoms with van der Waals surface area (Å²) < 4.78 is 9.68. The van der Waals surface area contributed by atoms with Crippen molar-refractivity contribution in [1.29, 1.82) is 5.26 Å². The zero-order valence-electron chi connectivity index (χ0n) is 11.8. The van der Waals surface area contributed by atoms with E-state index < -0.39 is 17.7 Å². The second-order valence-corrected chi connectivity index (χ2v) is 5.03. The number of carbonyl (C=O) groups excluding carboxylic acids is 2. The Morgan fingerprint density at radius 3 is 2.40 bits per heavy atom. The Kier molecular flexibility index (Phi) is 4.70. The normalized spacial score (nSPS) is 10.3. The number of nitrogens with zero attached hydrogens (tertiary/aromatic N) is 1. The molecule has 6 nitrogen and oxygen atoms in total. The minimum atomic E-state index is -0.664. The van der Waals surface area contributed by atoms with Gasteiger partial charge >= 0.3 is 12.1 Å². The van der Waals surface area contributed by atoms with Gasteiger partial charge in [-0.25, -0.2) is 9.59 Å². The molecule has 0 aliphatic heterocycles. The van der Waals surface area contributed by atoms with Crippen LogP contribution in [-0.2, 0) is 9.47 Å². The first-order chi connectivity index (χ1) is 9.25. The number of nitriles is 1. The molecule has 0 unspecified atom stereocenters. The van der Waals surface area contributed by atoms with E-state index in [1.54, 1.807) is 20.8 Å². The lowest BCUT2D eigenvalue weighted by Gasteiger charge is -2.19. The van der Waals surface area contributed by atoms with Gasteiger partial charge in [-0.05, 0) is 39.0 Å². The smallest absolute Gasteiger partial charge is 0.412 e. The highest BCUT2D eigenvalue weighted by Crippen LogP contribution is 2.17. The molecule has 1 amide bonds. The predicted octanol–water partition coefficient (Wildman–Crippen LogP) is 2.69. The summed E-state index contributed by atoms with van der Waals surface area (Å²) >= 11 is 0. The zero-order valence-corrected chi connectivity index (χ0v) is 11.8. The van der Waals surface area contributed by atoms with Crippen LogP contribution in [0, 0.1) is 11.3 Å². The monoisotopic (exact) mass is 276 g/mol. The third kappa shape index (κ3) is 4.61. The van der Waals surface area contributed by atoms with Gasteiger partial charge in [0.2, 0.25) is 0 Å². The number of nitrogens with one attached hydrogen (secondary N) is 1. The number of rotatable bonds is 2. The van der Waals surface area contributed by atoms with Crippen molar-refractivity contribution >= 4 is 17.7 Å². The van der Waals surface area contributed by atoms with Crippen molar-refractivity contribution in [2.45, 2.75) is 26.4 Å². The summed E-state index contributed by atoms with van der Waals surface area (Å²) in [6.45, 7) is 5.20. The van der Waals surface area contributed by atoms with Gasteiger partial charge in [0, 0.05) is 5.69 Å². The molecule has 0 heterocycles. The summed E-state index contributed by atoms with van der Waals surface area (Å²) in [6, 6.07) is 6.14. The van der Waals surface area contributed by atoms with Gasteiger partial charge < -0.3 is 9.47 Å². The first-order valence-corrected chi connectivity index (χ1v) is 5.88. The first kappa shape index (κ1) is 15.5. The molecule has 1 N–H and O–H groups in total. The topological polar surface area (TPSA) is 88.4 Å².